The average molecular weight is 282 g/mol. The normalized spacial score (nSPS) is 23.1. The number of carbonyl (C=O) groups is 1. The van der Waals surface area contributed by atoms with E-state index in [9.17, 15) is 4.79 Å². The van der Waals surface area contributed by atoms with Crippen molar-refractivity contribution in [2.75, 3.05) is 0 Å². The van der Waals surface area contributed by atoms with Crippen LogP contribution in [0.25, 0.3) is 10.8 Å². The fourth-order valence-electron chi connectivity index (χ4n) is 3.34. The molecule has 0 aromatic heterocycles. The van der Waals surface area contributed by atoms with Gasteiger partial charge in [0.15, 0.2) is 0 Å². The maximum absolute atomic E-state index is 12.4. The van der Waals surface area contributed by atoms with Crippen LogP contribution in [0.2, 0.25) is 0 Å². The number of hydrogen-bond donors (Lipinski definition) is 2. The third-order valence-electron chi connectivity index (χ3n) is 4.55. The molecule has 3 nitrogen and oxygen atoms in total. The molecule has 3 atom stereocenters. The van der Waals surface area contributed by atoms with E-state index in [0.717, 1.165) is 24.8 Å². The monoisotopic (exact) mass is 282 g/mol. The number of nitrogens with two attached hydrogens (primary N) is 1. The Kier molecular flexibility index (Phi) is 3.93. The van der Waals surface area contributed by atoms with Crippen LogP contribution in [0.5, 0.6) is 0 Å². The summed E-state index contributed by atoms with van der Waals surface area (Å²) in [6.07, 6.45) is 2.93. The zero-order valence-electron chi connectivity index (χ0n) is 12.4. The van der Waals surface area contributed by atoms with Crippen molar-refractivity contribution < 1.29 is 4.79 Å². The van der Waals surface area contributed by atoms with Crippen molar-refractivity contribution in [3.05, 3.63) is 48.0 Å². The second-order valence-corrected chi connectivity index (χ2v) is 6.00. The van der Waals surface area contributed by atoms with Crippen LogP contribution in [0.1, 0.15) is 37.8 Å². The zero-order valence-corrected chi connectivity index (χ0v) is 12.4. The molecule has 3 rings (SSSR count). The summed E-state index contributed by atoms with van der Waals surface area (Å²) in [5.41, 5.74) is 7.18. The molecule has 1 saturated carbocycles. The lowest BCUT2D eigenvalue weighted by atomic mass is 9.98. The number of carbonyl (C=O) groups excluding carboxylic acids is 1. The molecule has 1 amide bonds. The van der Waals surface area contributed by atoms with Crippen molar-refractivity contribution in [3.63, 3.8) is 0 Å². The number of fused-ring (bicyclic) bond motifs is 1. The van der Waals surface area contributed by atoms with Crippen LogP contribution >= 0.6 is 0 Å². The Morgan fingerprint density at radius 1 is 1.19 bits per heavy atom. The molecule has 1 fully saturated rings. The van der Waals surface area contributed by atoms with Crippen LogP contribution in [-0.4, -0.2) is 11.9 Å². The summed E-state index contributed by atoms with van der Waals surface area (Å²) < 4.78 is 0. The van der Waals surface area contributed by atoms with Crippen molar-refractivity contribution >= 4 is 16.7 Å². The maximum Gasteiger partial charge on any atom is 0.225 e. The van der Waals surface area contributed by atoms with Gasteiger partial charge in [-0.2, -0.15) is 0 Å². The summed E-state index contributed by atoms with van der Waals surface area (Å²) in [5, 5.41) is 5.54. The minimum atomic E-state index is -0.0255. The van der Waals surface area contributed by atoms with E-state index in [1.54, 1.807) is 0 Å². The van der Waals surface area contributed by atoms with Crippen LogP contribution in [-0.2, 0) is 4.79 Å². The van der Waals surface area contributed by atoms with Gasteiger partial charge < -0.3 is 11.1 Å². The van der Waals surface area contributed by atoms with E-state index in [0.29, 0.717) is 0 Å². The molecule has 0 aliphatic heterocycles. The molecular weight excluding hydrogens is 260 g/mol. The summed E-state index contributed by atoms with van der Waals surface area (Å²) in [5.74, 6) is 0.0721. The van der Waals surface area contributed by atoms with E-state index >= 15 is 0 Å². The van der Waals surface area contributed by atoms with Gasteiger partial charge in [-0.25, -0.2) is 0 Å². The summed E-state index contributed by atoms with van der Waals surface area (Å²) in [6, 6.07) is 14.5. The molecule has 1 aliphatic carbocycles. The average Bonchev–Trinajstić information content (AvgIpc) is 2.92. The lowest BCUT2D eigenvalue weighted by Crippen LogP contribution is -2.39. The quantitative estimate of drug-likeness (QED) is 0.908. The molecule has 0 radical (unpaired) electrons. The Hall–Kier alpha value is -1.87. The molecule has 2 aromatic carbocycles. The van der Waals surface area contributed by atoms with Crippen molar-refractivity contribution in [2.45, 2.75) is 38.3 Å². The Morgan fingerprint density at radius 2 is 1.95 bits per heavy atom. The maximum atomic E-state index is 12.4. The van der Waals surface area contributed by atoms with Gasteiger partial charge in [0.1, 0.15) is 0 Å². The predicted octanol–water partition coefficient (Wildman–Crippen LogP) is 3.14. The van der Waals surface area contributed by atoms with Crippen LogP contribution < -0.4 is 11.1 Å². The van der Waals surface area contributed by atoms with Gasteiger partial charge in [0.25, 0.3) is 0 Å². The molecule has 3 heteroatoms. The third kappa shape index (κ3) is 2.79. The molecule has 0 spiro atoms. The molecule has 2 aromatic rings. The number of hydrogen-bond acceptors (Lipinski definition) is 2. The van der Waals surface area contributed by atoms with Gasteiger partial charge in [-0.05, 0) is 36.1 Å². The van der Waals surface area contributed by atoms with Crippen LogP contribution in [0.4, 0.5) is 0 Å². The summed E-state index contributed by atoms with van der Waals surface area (Å²) in [7, 11) is 0. The Balaban J connectivity index is 1.81. The van der Waals surface area contributed by atoms with Crippen LogP contribution in [0.3, 0.4) is 0 Å². The Labute approximate surface area is 125 Å². The van der Waals surface area contributed by atoms with Gasteiger partial charge >= 0.3 is 0 Å². The van der Waals surface area contributed by atoms with E-state index in [2.05, 4.69) is 29.6 Å². The smallest absolute Gasteiger partial charge is 0.225 e. The number of benzene rings is 2. The first-order chi connectivity index (χ1) is 10.2. The van der Waals surface area contributed by atoms with Crippen molar-refractivity contribution in [2.24, 2.45) is 11.7 Å². The standard InChI is InChI=1S/C18H22N2O/c1-12(20-18(21)16-10-5-11-17(16)19)14-9-4-7-13-6-2-3-8-15(13)14/h2-4,6-9,12,16-17H,5,10-11,19H2,1H3,(H,20,21). The molecule has 1 aliphatic rings. The van der Waals surface area contributed by atoms with E-state index < -0.39 is 0 Å². The van der Waals surface area contributed by atoms with Gasteiger partial charge in [-0.3, -0.25) is 4.79 Å². The highest BCUT2D eigenvalue weighted by molar-refractivity contribution is 5.87. The van der Waals surface area contributed by atoms with Crippen LogP contribution in [0, 0.1) is 5.92 Å². The minimum absolute atomic E-state index is 0.00333. The molecule has 21 heavy (non-hydrogen) atoms. The molecule has 0 bridgehead atoms. The fourth-order valence-corrected chi connectivity index (χ4v) is 3.34. The largest absolute Gasteiger partial charge is 0.349 e. The molecular formula is C18H22N2O. The molecule has 0 heterocycles. The van der Waals surface area contributed by atoms with Gasteiger partial charge in [0.2, 0.25) is 5.91 Å². The summed E-state index contributed by atoms with van der Waals surface area (Å²) >= 11 is 0. The minimum Gasteiger partial charge on any atom is -0.349 e. The second-order valence-electron chi connectivity index (χ2n) is 6.00. The van der Waals surface area contributed by atoms with Crippen molar-refractivity contribution in [1.82, 2.24) is 5.32 Å². The SMILES string of the molecule is CC(NC(=O)C1CCCC1N)c1cccc2ccccc12. The lowest BCUT2D eigenvalue weighted by molar-refractivity contribution is -0.125. The van der Waals surface area contributed by atoms with Gasteiger partial charge in [0, 0.05) is 6.04 Å². The van der Waals surface area contributed by atoms with Crippen molar-refractivity contribution in [3.8, 4) is 0 Å². The Bertz CT molecular complexity index is 647. The predicted molar refractivity (Wildman–Crippen MR) is 85.8 cm³/mol. The molecule has 110 valence electrons. The number of rotatable bonds is 3. The Morgan fingerprint density at radius 3 is 2.71 bits per heavy atom. The zero-order chi connectivity index (χ0) is 14.8. The van der Waals surface area contributed by atoms with E-state index in [4.69, 9.17) is 5.73 Å². The first-order valence-electron chi connectivity index (χ1n) is 7.70. The van der Waals surface area contributed by atoms with Crippen molar-refractivity contribution in [1.29, 1.82) is 0 Å². The second kappa shape index (κ2) is 5.86. The fraction of sp³-hybridized carbons (Fsp3) is 0.389. The topological polar surface area (TPSA) is 55.1 Å². The van der Waals surface area contributed by atoms with E-state index in [1.165, 1.54) is 10.8 Å². The first-order valence-corrected chi connectivity index (χ1v) is 7.70. The molecule has 3 unspecified atom stereocenters. The molecule has 0 saturated heterocycles. The number of nitrogens with one attached hydrogen (secondary N) is 1. The summed E-state index contributed by atoms with van der Waals surface area (Å²) in [6.45, 7) is 2.04. The van der Waals surface area contributed by atoms with Crippen LogP contribution in [0.15, 0.2) is 42.5 Å². The van der Waals surface area contributed by atoms with Gasteiger partial charge in [-0.1, -0.05) is 48.9 Å². The lowest BCUT2D eigenvalue weighted by Gasteiger charge is -2.21. The van der Waals surface area contributed by atoms with Gasteiger partial charge in [-0.15, -0.1) is 0 Å². The van der Waals surface area contributed by atoms with Gasteiger partial charge in [0.05, 0.1) is 12.0 Å². The van der Waals surface area contributed by atoms with E-state index in [-0.39, 0.29) is 23.9 Å². The number of amides is 1. The first kappa shape index (κ1) is 14.1. The molecule has 3 N–H and O–H groups in total. The highest BCUT2D eigenvalue weighted by Gasteiger charge is 2.30. The third-order valence-corrected chi connectivity index (χ3v) is 4.55. The van der Waals surface area contributed by atoms with E-state index in [1.807, 2.05) is 25.1 Å². The highest BCUT2D eigenvalue weighted by Crippen LogP contribution is 2.27. The summed E-state index contributed by atoms with van der Waals surface area (Å²) in [4.78, 5) is 12.4. The highest BCUT2D eigenvalue weighted by atomic mass is 16.2.